The number of rotatable bonds is 8. The Hall–Kier alpha value is -4.90. The maximum Gasteiger partial charge on any atom is 0.193 e. The molecule has 0 bridgehead atoms. The topological polar surface area (TPSA) is 52.6 Å². The molecule has 0 fully saturated rings. The number of ether oxygens (including phenoxy) is 2. The molecule has 0 heterocycles. The molecular formula is C36H22Cl2O4. The van der Waals surface area contributed by atoms with Gasteiger partial charge in [0.2, 0.25) is 0 Å². The van der Waals surface area contributed by atoms with E-state index >= 15 is 0 Å². The molecule has 204 valence electrons. The molecule has 0 aromatic heterocycles. The second-order valence-corrected chi connectivity index (χ2v) is 10.4. The van der Waals surface area contributed by atoms with Crippen LogP contribution in [0.5, 0.6) is 23.0 Å². The van der Waals surface area contributed by atoms with Crippen LogP contribution < -0.4 is 9.47 Å². The molecule has 0 aliphatic rings. The molecule has 4 nitrogen and oxygen atoms in total. The average Bonchev–Trinajstić information content (AvgIpc) is 3.02. The van der Waals surface area contributed by atoms with Crippen molar-refractivity contribution in [3.05, 3.63) is 166 Å². The first-order valence-corrected chi connectivity index (χ1v) is 13.9. The summed E-state index contributed by atoms with van der Waals surface area (Å²) < 4.78 is 12.2. The summed E-state index contributed by atoms with van der Waals surface area (Å²) in [6, 6.07) is 39.3. The van der Waals surface area contributed by atoms with Crippen LogP contribution in [-0.2, 0) is 0 Å². The minimum Gasteiger partial charge on any atom is -0.457 e. The average molecular weight is 589 g/mol. The maximum atomic E-state index is 12.8. The number of ketones is 2. The van der Waals surface area contributed by atoms with Gasteiger partial charge in [-0.05, 0) is 127 Å². The van der Waals surface area contributed by atoms with Crippen LogP contribution in [0.3, 0.4) is 0 Å². The van der Waals surface area contributed by atoms with Crippen LogP contribution in [0.25, 0.3) is 10.8 Å². The van der Waals surface area contributed by atoms with Crippen molar-refractivity contribution >= 4 is 45.5 Å². The van der Waals surface area contributed by atoms with Crippen LogP contribution in [0.2, 0.25) is 10.0 Å². The molecule has 0 aliphatic heterocycles. The number of hydrogen-bond acceptors (Lipinski definition) is 4. The van der Waals surface area contributed by atoms with Crippen LogP contribution in [0.4, 0.5) is 0 Å². The molecule has 0 N–H and O–H groups in total. The fourth-order valence-corrected chi connectivity index (χ4v) is 4.78. The van der Waals surface area contributed by atoms with Crippen molar-refractivity contribution in [2.75, 3.05) is 0 Å². The van der Waals surface area contributed by atoms with E-state index in [1.165, 1.54) is 0 Å². The van der Waals surface area contributed by atoms with Gasteiger partial charge in [-0.1, -0.05) is 35.3 Å². The minimum absolute atomic E-state index is 0.0840. The predicted molar refractivity (Wildman–Crippen MR) is 167 cm³/mol. The zero-order valence-corrected chi connectivity index (χ0v) is 23.6. The first-order valence-electron chi connectivity index (χ1n) is 13.1. The Kier molecular flexibility index (Phi) is 7.74. The second kappa shape index (κ2) is 11.9. The molecule has 0 saturated heterocycles. The van der Waals surface area contributed by atoms with Crippen LogP contribution in [0.1, 0.15) is 31.8 Å². The molecule has 6 rings (SSSR count). The Bertz CT molecular complexity index is 1900. The molecule has 0 radical (unpaired) electrons. The molecule has 6 heteroatoms. The highest BCUT2D eigenvalue weighted by molar-refractivity contribution is 6.31. The van der Waals surface area contributed by atoms with Gasteiger partial charge in [-0.25, -0.2) is 0 Å². The van der Waals surface area contributed by atoms with Crippen LogP contribution in [0, 0.1) is 0 Å². The molecule has 0 atom stereocenters. The summed E-state index contributed by atoms with van der Waals surface area (Å²) in [6.07, 6.45) is 0. The number of hydrogen-bond donors (Lipinski definition) is 0. The number of carbonyl (C=O) groups excluding carboxylic acids is 2. The Labute approximate surface area is 252 Å². The highest BCUT2D eigenvalue weighted by Gasteiger charge is 2.12. The third kappa shape index (κ3) is 6.06. The smallest absolute Gasteiger partial charge is 0.193 e. The zero-order valence-electron chi connectivity index (χ0n) is 22.1. The molecule has 6 aromatic carbocycles. The Balaban J connectivity index is 1.15. The standard InChI is InChI=1S/C36H22Cl2O4/c37-28-12-4-23(5-13-28)35(39)25-8-16-30(17-9-25)41-32-20-21-33-27(22-32)2-1-3-34(33)42-31-18-10-26(11-19-31)36(40)24-6-14-29(38)15-7-24/h1-22H. The lowest BCUT2D eigenvalue weighted by atomic mass is 10.0. The van der Waals surface area contributed by atoms with Crippen LogP contribution in [-0.4, -0.2) is 11.6 Å². The second-order valence-electron chi connectivity index (χ2n) is 9.56. The fourth-order valence-electron chi connectivity index (χ4n) is 4.53. The van der Waals surface area contributed by atoms with Gasteiger partial charge in [0.25, 0.3) is 0 Å². The Morgan fingerprint density at radius 3 is 1.38 bits per heavy atom. The predicted octanol–water partition coefficient (Wildman–Crippen LogP) is 10.2. The summed E-state index contributed by atoms with van der Waals surface area (Å²) in [4.78, 5) is 25.5. The number of halogens is 2. The zero-order chi connectivity index (χ0) is 29.1. The molecule has 0 spiro atoms. The summed E-state index contributed by atoms with van der Waals surface area (Å²) in [5, 5.41) is 3.02. The van der Waals surface area contributed by atoms with Crippen molar-refractivity contribution in [2.45, 2.75) is 0 Å². The highest BCUT2D eigenvalue weighted by atomic mass is 35.5. The van der Waals surface area contributed by atoms with Gasteiger partial charge in [0.05, 0.1) is 0 Å². The van der Waals surface area contributed by atoms with E-state index in [-0.39, 0.29) is 11.6 Å². The number of fused-ring (bicyclic) bond motifs is 1. The SMILES string of the molecule is O=C(c1ccc(Cl)cc1)c1ccc(Oc2ccc3c(Oc4ccc(C(=O)c5ccc(Cl)cc5)cc4)cccc3c2)cc1. The number of benzene rings is 6. The molecular weight excluding hydrogens is 567 g/mol. The quantitative estimate of drug-likeness (QED) is 0.166. The monoisotopic (exact) mass is 588 g/mol. The van der Waals surface area contributed by atoms with Crippen molar-refractivity contribution in [3.8, 4) is 23.0 Å². The summed E-state index contributed by atoms with van der Waals surface area (Å²) in [5.74, 6) is 2.40. The maximum absolute atomic E-state index is 12.8. The number of carbonyl (C=O) groups is 2. The van der Waals surface area contributed by atoms with Gasteiger partial charge in [-0.2, -0.15) is 0 Å². The van der Waals surface area contributed by atoms with Gasteiger partial charge < -0.3 is 9.47 Å². The summed E-state index contributed by atoms with van der Waals surface area (Å²) >= 11 is 11.9. The van der Waals surface area contributed by atoms with Gasteiger partial charge in [0, 0.05) is 37.7 Å². The van der Waals surface area contributed by atoms with Crippen LogP contribution >= 0.6 is 23.2 Å². The third-order valence-electron chi connectivity index (χ3n) is 6.72. The largest absolute Gasteiger partial charge is 0.457 e. The third-order valence-corrected chi connectivity index (χ3v) is 7.23. The first kappa shape index (κ1) is 27.3. The molecule has 0 amide bonds. The van der Waals surface area contributed by atoms with Gasteiger partial charge in [0.15, 0.2) is 11.6 Å². The Morgan fingerprint density at radius 1 is 0.452 bits per heavy atom. The van der Waals surface area contributed by atoms with Gasteiger partial charge in [0.1, 0.15) is 23.0 Å². The molecule has 42 heavy (non-hydrogen) atoms. The lowest BCUT2D eigenvalue weighted by molar-refractivity contribution is 0.103. The van der Waals surface area contributed by atoms with E-state index in [1.54, 1.807) is 97.1 Å². The van der Waals surface area contributed by atoms with E-state index in [1.807, 2.05) is 36.4 Å². The highest BCUT2D eigenvalue weighted by Crippen LogP contribution is 2.34. The van der Waals surface area contributed by atoms with Crippen molar-refractivity contribution in [1.82, 2.24) is 0 Å². The first-order chi connectivity index (χ1) is 20.4. The molecule has 0 saturated carbocycles. The van der Waals surface area contributed by atoms with Crippen molar-refractivity contribution in [3.63, 3.8) is 0 Å². The van der Waals surface area contributed by atoms with Gasteiger partial charge in [-0.15, -0.1) is 0 Å². The fraction of sp³-hybridized carbons (Fsp3) is 0. The normalized spacial score (nSPS) is 10.8. The van der Waals surface area contributed by atoms with E-state index in [0.29, 0.717) is 55.3 Å². The van der Waals surface area contributed by atoms with Crippen molar-refractivity contribution < 1.29 is 19.1 Å². The summed E-state index contributed by atoms with van der Waals surface area (Å²) in [5.41, 5.74) is 2.27. The minimum atomic E-state index is -0.0845. The van der Waals surface area contributed by atoms with Gasteiger partial charge >= 0.3 is 0 Å². The van der Waals surface area contributed by atoms with Crippen LogP contribution in [0.15, 0.2) is 133 Å². The van der Waals surface area contributed by atoms with Gasteiger partial charge in [-0.3, -0.25) is 9.59 Å². The van der Waals surface area contributed by atoms with E-state index in [4.69, 9.17) is 32.7 Å². The molecule has 0 unspecified atom stereocenters. The van der Waals surface area contributed by atoms with E-state index < -0.39 is 0 Å². The molecule has 0 aliphatic carbocycles. The van der Waals surface area contributed by atoms with E-state index in [9.17, 15) is 9.59 Å². The summed E-state index contributed by atoms with van der Waals surface area (Å²) in [7, 11) is 0. The lowest BCUT2D eigenvalue weighted by Gasteiger charge is -2.12. The van der Waals surface area contributed by atoms with Crippen molar-refractivity contribution in [2.24, 2.45) is 0 Å². The van der Waals surface area contributed by atoms with Crippen molar-refractivity contribution in [1.29, 1.82) is 0 Å². The summed E-state index contributed by atoms with van der Waals surface area (Å²) in [6.45, 7) is 0. The van der Waals surface area contributed by atoms with E-state index in [2.05, 4.69) is 0 Å². The van der Waals surface area contributed by atoms with E-state index in [0.717, 1.165) is 10.8 Å². The molecule has 6 aromatic rings. The lowest BCUT2D eigenvalue weighted by Crippen LogP contribution is -2.00. The Morgan fingerprint density at radius 2 is 0.881 bits per heavy atom.